The maximum Gasteiger partial charge on any atom is 0.0998 e. The molecule has 0 atom stereocenters. The van der Waals surface area contributed by atoms with E-state index in [0.29, 0.717) is 16.7 Å². The molecule has 0 fully saturated rings. The van der Waals surface area contributed by atoms with Gasteiger partial charge in [-0.3, -0.25) is 0 Å². The van der Waals surface area contributed by atoms with Gasteiger partial charge in [0.15, 0.2) is 0 Å². The van der Waals surface area contributed by atoms with Gasteiger partial charge >= 0.3 is 0 Å². The van der Waals surface area contributed by atoms with Gasteiger partial charge < -0.3 is 4.90 Å². The third-order valence-electron chi connectivity index (χ3n) is 1.89. The molecule has 0 N–H and O–H groups in total. The molecule has 15 heavy (non-hydrogen) atoms. The average molecular weight is 197 g/mol. The largest absolute Gasteiger partial charge is 0.383 e. The summed E-state index contributed by atoms with van der Waals surface area (Å²) >= 11 is 0. The van der Waals surface area contributed by atoms with Crippen LogP contribution in [0.1, 0.15) is 16.7 Å². The van der Waals surface area contributed by atoms with E-state index in [9.17, 15) is 0 Å². The van der Waals surface area contributed by atoms with Gasteiger partial charge in [-0.15, -0.1) is 0 Å². The number of benzene rings is 1. The molecule has 0 aliphatic carbocycles. The molecule has 0 spiro atoms. The van der Waals surface area contributed by atoms with Crippen molar-refractivity contribution in [3.05, 3.63) is 41.1 Å². The number of nitrogens with zero attached hydrogens (tertiary/aromatic N) is 3. The zero-order valence-electron chi connectivity index (χ0n) is 8.73. The van der Waals surface area contributed by atoms with Crippen LogP contribution in [0.15, 0.2) is 24.4 Å². The number of hydrogen-bond donors (Lipinski definition) is 0. The monoisotopic (exact) mass is 197 g/mol. The normalized spacial score (nSPS) is 9.60. The summed E-state index contributed by atoms with van der Waals surface area (Å²) < 4.78 is 0. The maximum atomic E-state index is 8.90. The van der Waals surface area contributed by atoms with Crippen LogP contribution in [-0.2, 0) is 0 Å². The van der Waals surface area contributed by atoms with Crippen molar-refractivity contribution in [1.29, 1.82) is 10.5 Å². The lowest BCUT2D eigenvalue weighted by atomic mass is 10.0. The molecule has 0 aliphatic rings. The van der Waals surface area contributed by atoms with Crippen molar-refractivity contribution in [1.82, 2.24) is 4.90 Å². The van der Waals surface area contributed by atoms with Crippen LogP contribution in [-0.4, -0.2) is 19.0 Å². The predicted molar refractivity (Wildman–Crippen MR) is 58.6 cm³/mol. The van der Waals surface area contributed by atoms with Gasteiger partial charge in [0.2, 0.25) is 0 Å². The SMILES string of the molecule is CN(C)/C=C/c1c(C#N)cccc1C#N. The van der Waals surface area contributed by atoms with E-state index in [4.69, 9.17) is 10.5 Å². The maximum absolute atomic E-state index is 8.90. The standard InChI is InChI=1S/C12H11N3/c1-15(2)7-6-12-10(8-13)4-3-5-11(12)9-14/h3-7H,1-2H3/b7-6+. The molecule has 1 aromatic carbocycles. The second-order valence-corrected chi connectivity index (χ2v) is 3.27. The summed E-state index contributed by atoms with van der Waals surface area (Å²) in [5, 5.41) is 17.8. The second kappa shape index (κ2) is 4.83. The quantitative estimate of drug-likeness (QED) is 0.728. The lowest BCUT2D eigenvalue weighted by molar-refractivity contribution is 0.567. The first-order valence-corrected chi connectivity index (χ1v) is 4.47. The molecule has 0 saturated carbocycles. The van der Waals surface area contributed by atoms with Crippen LogP contribution in [0.4, 0.5) is 0 Å². The molecule has 0 amide bonds. The average Bonchev–Trinajstić information content (AvgIpc) is 2.25. The summed E-state index contributed by atoms with van der Waals surface area (Å²) in [4.78, 5) is 1.86. The van der Waals surface area contributed by atoms with Crippen LogP contribution in [0.5, 0.6) is 0 Å². The van der Waals surface area contributed by atoms with Gasteiger partial charge in [-0.2, -0.15) is 10.5 Å². The highest BCUT2D eigenvalue weighted by molar-refractivity contribution is 5.64. The van der Waals surface area contributed by atoms with Gasteiger partial charge in [0.05, 0.1) is 23.3 Å². The first-order chi connectivity index (χ1) is 7.19. The molecule has 0 radical (unpaired) electrons. The molecule has 0 bridgehead atoms. The van der Waals surface area contributed by atoms with E-state index in [1.54, 1.807) is 24.3 Å². The lowest BCUT2D eigenvalue weighted by Gasteiger charge is -2.05. The zero-order chi connectivity index (χ0) is 11.3. The highest BCUT2D eigenvalue weighted by Crippen LogP contribution is 2.15. The fraction of sp³-hybridized carbons (Fsp3) is 0.167. The third-order valence-corrected chi connectivity index (χ3v) is 1.89. The van der Waals surface area contributed by atoms with Crippen LogP contribution in [0.3, 0.4) is 0 Å². The van der Waals surface area contributed by atoms with Crippen molar-refractivity contribution < 1.29 is 0 Å². The highest BCUT2D eigenvalue weighted by atomic mass is 15.0. The molecule has 0 heterocycles. The Morgan fingerprint density at radius 2 is 1.67 bits per heavy atom. The Bertz CT molecular complexity index is 426. The summed E-state index contributed by atoms with van der Waals surface area (Å²) in [6.07, 6.45) is 3.59. The van der Waals surface area contributed by atoms with E-state index >= 15 is 0 Å². The van der Waals surface area contributed by atoms with E-state index in [2.05, 4.69) is 12.1 Å². The van der Waals surface area contributed by atoms with E-state index in [0.717, 1.165) is 0 Å². The molecule has 3 nitrogen and oxygen atoms in total. The van der Waals surface area contributed by atoms with E-state index in [1.165, 1.54) is 0 Å². The molecule has 3 heteroatoms. The van der Waals surface area contributed by atoms with Crippen molar-refractivity contribution in [2.24, 2.45) is 0 Å². The third kappa shape index (κ3) is 2.59. The Morgan fingerprint density at radius 3 is 2.07 bits per heavy atom. The van der Waals surface area contributed by atoms with Gasteiger partial charge in [0.1, 0.15) is 0 Å². The van der Waals surface area contributed by atoms with Crippen molar-refractivity contribution >= 4 is 6.08 Å². The van der Waals surface area contributed by atoms with Crippen LogP contribution >= 0.6 is 0 Å². The fourth-order valence-electron chi connectivity index (χ4n) is 1.16. The smallest absolute Gasteiger partial charge is 0.0998 e. The van der Waals surface area contributed by atoms with Crippen molar-refractivity contribution in [3.8, 4) is 12.1 Å². The second-order valence-electron chi connectivity index (χ2n) is 3.27. The minimum absolute atomic E-state index is 0.521. The number of nitriles is 2. The van der Waals surface area contributed by atoms with Crippen molar-refractivity contribution in [2.45, 2.75) is 0 Å². The summed E-state index contributed by atoms with van der Waals surface area (Å²) in [7, 11) is 3.77. The molecular weight excluding hydrogens is 186 g/mol. The van der Waals surface area contributed by atoms with Gasteiger partial charge in [0, 0.05) is 19.7 Å². The zero-order valence-corrected chi connectivity index (χ0v) is 8.73. The Kier molecular flexibility index (Phi) is 3.49. The molecule has 0 aliphatic heterocycles. The van der Waals surface area contributed by atoms with Gasteiger partial charge in [-0.05, 0) is 24.4 Å². The molecule has 74 valence electrons. The summed E-state index contributed by atoms with van der Waals surface area (Å²) in [6, 6.07) is 9.27. The predicted octanol–water partition coefficient (Wildman–Crippen LogP) is 1.96. The fourth-order valence-corrected chi connectivity index (χ4v) is 1.16. The molecular formula is C12H11N3. The Labute approximate surface area is 89.5 Å². The molecule has 1 rings (SSSR count). The van der Waals surface area contributed by atoms with E-state index in [1.807, 2.05) is 25.2 Å². The minimum atomic E-state index is 0.521. The summed E-state index contributed by atoms with van der Waals surface area (Å²) in [6.45, 7) is 0. The Balaban J connectivity index is 3.26. The van der Waals surface area contributed by atoms with Crippen LogP contribution in [0.2, 0.25) is 0 Å². The van der Waals surface area contributed by atoms with E-state index in [-0.39, 0.29) is 0 Å². The summed E-state index contributed by atoms with van der Waals surface area (Å²) in [5.74, 6) is 0. The molecule has 1 aromatic rings. The molecule has 0 unspecified atom stereocenters. The number of rotatable bonds is 2. The highest BCUT2D eigenvalue weighted by Gasteiger charge is 2.03. The number of hydrogen-bond acceptors (Lipinski definition) is 3. The Hall–Kier alpha value is -2.26. The van der Waals surface area contributed by atoms with Crippen LogP contribution < -0.4 is 0 Å². The lowest BCUT2D eigenvalue weighted by Crippen LogP contribution is -2.00. The topological polar surface area (TPSA) is 50.8 Å². The molecule has 0 aromatic heterocycles. The first-order valence-electron chi connectivity index (χ1n) is 4.47. The minimum Gasteiger partial charge on any atom is -0.383 e. The van der Waals surface area contributed by atoms with Crippen LogP contribution in [0, 0.1) is 22.7 Å². The van der Waals surface area contributed by atoms with Crippen molar-refractivity contribution in [2.75, 3.05) is 14.1 Å². The van der Waals surface area contributed by atoms with Gasteiger partial charge in [0.25, 0.3) is 0 Å². The Morgan fingerprint density at radius 1 is 1.13 bits per heavy atom. The van der Waals surface area contributed by atoms with Gasteiger partial charge in [-0.1, -0.05) is 6.07 Å². The van der Waals surface area contributed by atoms with E-state index < -0.39 is 0 Å². The first kappa shape index (κ1) is 10.8. The van der Waals surface area contributed by atoms with Gasteiger partial charge in [-0.25, -0.2) is 0 Å². The van der Waals surface area contributed by atoms with Crippen LogP contribution in [0.25, 0.3) is 6.08 Å². The van der Waals surface area contributed by atoms with Crippen molar-refractivity contribution in [3.63, 3.8) is 0 Å². The molecule has 0 saturated heterocycles. The summed E-state index contributed by atoms with van der Waals surface area (Å²) in [5.41, 5.74) is 1.72.